The topological polar surface area (TPSA) is 102 Å². The van der Waals surface area contributed by atoms with E-state index in [4.69, 9.17) is 0 Å². The maximum atomic E-state index is 13.6. The molecule has 0 aliphatic heterocycles. The highest BCUT2D eigenvalue weighted by Crippen LogP contribution is 2.35. The number of rotatable bonds is 6. The number of alkyl halides is 3. The number of allylic oxidation sites excluding steroid dienone is 4. The minimum Gasteiger partial charge on any atom is -0.484 e. The molecule has 1 amide bonds. The van der Waals surface area contributed by atoms with Crippen molar-refractivity contribution in [1.29, 1.82) is 0 Å². The van der Waals surface area contributed by atoms with Crippen LogP contribution in [-0.2, 0) is 4.79 Å². The molecule has 0 heterocycles. The van der Waals surface area contributed by atoms with E-state index in [1.54, 1.807) is 0 Å². The molecule has 32 heavy (non-hydrogen) atoms. The minimum atomic E-state index is -5.13. The molecule has 0 unspecified atom stereocenters. The van der Waals surface area contributed by atoms with E-state index < -0.39 is 93.9 Å². The number of halogens is 8. The van der Waals surface area contributed by atoms with Gasteiger partial charge in [0.05, 0.1) is 4.92 Å². The van der Waals surface area contributed by atoms with Gasteiger partial charge in [-0.1, -0.05) is 0 Å². The van der Waals surface area contributed by atoms with Gasteiger partial charge in [-0.05, 0) is 19.4 Å². The summed E-state index contributed by atoms with van der Waals surface area (Å²) in [6.07, 6.45) is -6.00. The maximum absolute atomic E-state index is 13.6. The SMILES string of the molecule is C[C@@](O)(COc1c(F)c(F)c(F)c(F)c1F)C(=O)NC1=CC(C(F)(F)F)=C([N+](=O)[O-])CC1. The van der Waals surface area contributed by atoms with Crippen LogP contribution in [0.3, 0.4) is 0 Å². The standard InChI is InChI=1S/C17H12F8N2O5/c1-16(29,5-32-14-12(21)10(19)9(18)11(20)13(14)22)15(28)26-6-2-3-8(27(30)31)7(4-6)17(23,24)25/h4,29H,2-3,5H2,1H3,(H,26,28)/t16-/m1/s1. The highest BCUT2D eigenvalue weighted by molar-refractivity contribution is 5.86. The van der Waals surface area contributed by atoms with Crippen molar-refractivity contribution in [3.8, 4) is 5.75 Å². The van der Waals surface area contributed by atoms with Crippen LogP contribution in [0.4, 0.5) is 35.1 Å². The molecule has 1 aromatic rings. The minimum absolute atomic E-state index is 0.278. The molecular weight excluding hydrogens is 464 g/mol. The van der Waals surface area contributed by atoms with Crippen LogP contribution in [0.25, 0.3) is 0 Å². The van der Waals surface area contributed by atoms with Crippen LogP contribution in [0.2, 0.25) is 0 Å². The number of hydrogen-bond acceptors (Lipinski definition) is 5. The molecule has 0 radical (unpaired) electrons. The van der Waals surface area contributed by atoms with Crippen molar-refractivity contribution in [2.24, 2.45) is 0 Å². The molecule has 2 N–H and O–H groups in total. The number of nitro groups is 1. The Kier molecular flexibility index (Phi) is 6.82. The van der Waals surface area contributed by atoms with Gasteiger partial charge in [-0.25, -0.2) is 13.2 Å². The van der Waals surface area contributed by atoms with Gasteiger partial charge < -0.3 is 15.2 Å². The zero-order valence-corrected chi connectivity index (χ0v) is 15.7. The van der Waals surface area contributed by atoms with Gasteiger partial charge in [0.15, 0.2) is 11.4 Å². The lowest BCUT2D eigenvalue weighted by Crippen LogP contribution is -2.48. The first-order valence-electron chi connectivity index (χ1n) is 8.41. The summed E-state index contributed by atoms with van der Waals surface area (Å²) in [5, 5.41) is 22.7. The van der Waals surface area contributed by atoms with Crippen LogP contribution >= 0.6 is 0 Å². The van der Waals surface area contributed by atoms with Crippen molar-refractivity contribution in [3.05, 3.63) is 62.2 Å². The number of amides is 1. The normalized spacial score (nSPS) is 16.4. The third-order valence-corrected chi connectivity index (χ3v) is 4.22. The summed E-state index contributed by atoms with van der Waals surface area (Å²) in [5.41, 5.74) is -5.99. The molecule has 1 aliphatic carbocycles. The lowest BCUT2D eigenvalue weighted by molar-refractivity contribution is -0.430. The fourth-order valence-corrected chi connectivity index (χ4v) is 2.52. The monoisotopic (exact) mass is 476 g/mol. The predicted molar refractivity (Wildman–Crippen MR) is 87.9 cm³/mol. The first kappa shape index (κ1) is 25.0. The second-order valence-electron chi connectivity index (χ2n) is 6.70. The number of carbonyl (C=O) groups excluding carboxylic acids is 1. The van der Waals surface area contributed by atoms with E-state index in [0.717, 1.165) is 0 Å². The van der Waals surface area contributed by atoms with E-state index in [0.29, 0.717) is 6.92 Å². The van der Waals surface area contributed by atoms with E-state index in [1.807, 2.05) is 5.32 Å². The number of nitrogens with zero attached hydrogens (tertiary/aromatic N) is 1. The van der Waals surface area contributed by atoms with E-state index >= 15 is 0 Å². The molecule has 0 spiro atoms. The van der Waals surface area contributed by atoms with Gasteiger partial charge in [-0.15, -0.1) is 0 Å². The van der Waals surface area contributed by atoms with Gasteiger partial charge >= 0.3 is 6.18 Å². The van der Waals surface area contributed by atoms with Crippen molar-refractivity contribution in [1.82, 2.24) is 5.32 Å². The average molecular weight is 476 g/mol. The summed E-state index contributed by atoms with van der Waals surface area (Å²) < 4.78 is 110. The Bertz CT molecular complexity index is 1000. The zero-order valence-electron chi connectivity index (χ0n) is 15.7. The van der Waals surface area contributed by atoms with E-state index in [-0.39, 0.29) is 6.08 Å². The molecular formula is C17H12F8N2O5. The molecule has 1 atom stereocenters. The molecule has 15 heteroatoms. The van der Waals surface area contributed by atoms with Crippen LogP contribution in [0.15, 0.2) is 23.0 Å². The molecule has 0 aromatic heterocycles. The second-order valence-corrected chi connectivity index (χ2v) is 6.70. The second kappa shape index (κ2) is 8.72. The first-order valence-corrected chi connectivity index (χ1v) is 8.41. The molecule has 1 aromatic carbocycles. The fraction of sp³-hybridized carbons (Fsp3) is 0.353. The summed E-state index contributed by atoms with van der Waals surface area (Å²) in [6, 6.07) is 0. The van der Waals surface area contributed by atoms with E-state index in [2.05, 4.69) is 4.74 Å². The Morgan fingerprint density at radius 1 is 1.09 bits per heavy atom. The summed E-state index contributed by atoms with van der Waals surface area (Å²) >= 11 is 0. The van der Waals surface area contributed by atoms with Gasteiger partial charge in [-0.2, -0.15) is 22.0 Å². The smallest absolute Gasteiger partial charge is 0.422 e. The third kappa shape index (κ3) is 4.98. The average Bonchev–Trinajstić information content (AvgIpc) is 2.69. The molecule has 176 valence electrons. The fourth-order valence-electron chi connectivity index (χ4n) is 2.52. The Labute approximate surface area is 173 Å². The Morgan fingerprint density at radius 3 is 2.06 bits per heavy atom. The van der Waals surface area contributed by atoms with Crippen molar-refractivity contribution >= 4 is 5.91 Å². The van der Waals surface area contributed by atoms with Crippen LogP contribution in [0.1, 0.15) is 19.8 Å². The predicted octanol–water partition coefficient (Wildman–Crippen LogP) is 3.40. The molecule has 7 nitrogen and oxygen atoms in total. The number of carbonyl (C=O) groups is 1. The number of ether oxygens (including phenoxy) is 1. The summed E-state index contributed by atoms with van der Waals surface area (Å²) in [4.78, 5) is 21.7. The molecule has 1 aliphatic rings. The van der Waals surface area contributed by atoms with Gasteiger partial charge in [-0.3, -0.25) is 14.9 Å². The molecule has 0 saturated carbocycles. The number of nitrogens with one attached hydrogen (secondary N) is 1. The van der Waals surface area contributed by atoms with Gasteiger partial charge in [0.25, 0.3) is 11.6 Å². The van der Waals surface area contributed by atoms with Crippen molar-refractivity contribution < 1.29 is 54.7 Å². The zero-order chi connectivity index (χ0) is 24.6. The summed E-state index contributed by atoms with van der Waals surface area (Å²) in [5.74, 6) is -15.2. The molecule has 2 rings (SSSR count). The number of hydrogen-bond donors (Lipinski definition) is 2. The highest BCUT2D eigenvalue weighted by Gasteiger charge is 2.42. The van der Waals surface area contributed by atoms with Crippen LogP contribution in [-0.4, -0.2) is 34.3 Å². The highest BCUT2D eigenvalue weighted by atomic mass is 19.4. The van der Waals surface area contributed by atoms with Gasteiger partial charge in [0.2, 0.25) is 29.1 Å². The van der Waals surface area contributed by atoms with E-state index in [1.165, 1.54) is 0 Å². The molecule has 0 fully saturated rings. The van der Waals surface area contributed by atoms with Crippen LogP contribution in [0, 0.1) is 39.2 Å². The molecule has 0 saturated heterocycles. The number of benzene rings is 1. The van der Waals surface area contributed by atoms with Crippen molar-refractivity contribution in [2.45, 2.75) is 31.5 Å². The Hall–Kier alpha value is -3.23. The van der Waals surface area contributed by atoms with Crippen LogP contribution in [0.5, 0.6) is 5.75 Å². The lowest BCUT2D eigenvalue weighted by atomic mass is 9.99. The van der Waals surface area contributed by atoms with Gasteiger partial charge in [0, 0.05) is 12.1 Å². The largest absolute Gasteiger partial charge is 0.484 e. The van der Waals surface area contributed by atoms with Gasteiger partial charge in [0.1, 0.15) is 12.2 Å². The van der Waals surface area contributed by atoms with Crippen LogP contribution < -0.4 is 10.1 Å². The first-order chi connectivity index (χ1) is 14.6. The van der Waals surface area contributed by atoms with E-state index in [9.17, 15) is 55.1 Å². The Balaban J connectivity index is 2.22. The summed E-state index contributed by atoms with van der Waals surface area (Å²) in [7, 11) is 0. The quantitative estimate of drug-likeness (QED) is 0.216. The lowest BCUT2D eigenvalue weighted by Gasteiger charge is -2.25. The maximum Gasteiger partial charge on any atom is 0.422 e. The summed E-state index contributed by atoms with van der Waals surface area (Å²) in [6.45, 7) is -0.687. The van der Waals surface area contributed by atoms with Crippen molar-refractivity contribution in [2.75, 3.05) is 6.61 Å². The Morgan fingerprint density at radius 2 is 1.59 bits per heavy atom. The number of aliphatic hydroxyl groups is 1. The molecule has 0 bridgehead atoms. The van der Waals surface area contributed by atoms with Crippen molar-refractivity contribution in [3.63, 3.8) is 0 Å². The third-order valence-electron chi connectivity index (χ3n) is 4.22.